The van der Waals surface area contributed by atoms with Crippen LogP contribution in [-0.2, 0) is 13.0 Å². The van der Waals surface area contributed by atoms with E-state index in [1.54, 1.807) is 12.1 Å². The van der Waals surface area contributed by atoms with Crippen LogP contribution in [0.3, 0.4) is 0 Å². The van der Waals surface area contributed by atoms with Crippen LogP contribution in [0.1, 0.15) is 18.6 Å². The van der Waals surface area contributed by atoms with E-state index in [-0.39, 0.29) is 6.61 Å². The van der Waals surface area contributed by atoms with Crippen LogP contribution < -0.4 is 4.74 Å². The first kappa shape index (κ1) is 11.0. The van der Waals surface area contributed by atoms with E-state index in [9.17, 15) is 0 Å². The zero-order valence-electron chi connectivity index (χ0n) is 8.81. The Hall–Kier alpha value is -1.55. The fourth-order valence-electron chi connectivity index (χ4n) is 1.19. The Morgan fingerprint density at radius 2 is 2.19 bits per heavy atom. The van der Waals surface area contributed by atoms with Crippen molar-refractivity contribution < 1.29 is 9.26 Å². The van der Waals surface area contributed by atoms with E-state index < -0.39 is 0 Å². The fourth-order valence-corrected chi connectivity index (χ4v) is 1.38. The summed E-state index contributed by atoms with van der Waals surface area (Å²) < 4.78 is 10.4. The van der Waals surface area contributed by atoms with E-state index in [1.165, 1.54) is 0 Å². The predicted octanol–water partition coefficient (Wildman–Crippen LogP) is 2.86. The number of para-hydroxylation sites is 1. The zero-order chi connectivity index (χ0) is 11.4. The molecule has 0 radical (unpaired) electrons. The highest BCUT2D eigenvalue weighted by Gasteiger charge is 2.06. The van der Waals surface area contributed by atoms with Crippen LogP contribution >= 0.6 is 11.6 Å². The highest BCUT2D eigenvalue weighted by molar-refractivity contribution is 6.32. The predicted molar refractivity (Wildman–Crippen MR) is 59.5 cm³/mol. The average molecular weight is 239 g/mol. The summed E-state index contributed by atoms with van der Waals surface area (Å²) in [5, 5.41) is 4.34. The van der Waals surface area contributed by atoms with Crippen LogP contribution in [0.5, 0.6) is 5.75 Å². The third-order valence-corrected chi connectivity index (χ3v) is 2.33. The lowest BCUT2D eigenvalue weighted by atomic mass is 10.3. The van der Waals surface area contributed by atoms with Gasteiger partial charge in [-0.3, -0.25) is 0 Å². The van der Waals surface area contributed by atoms with Gasteiger partial charge in [-0.1, -0.05) is 35.8 Å². The monoisotopic (exact) mass is 238 g/mol. The largest absolute Gasteiger partial charge is 0.482 e. The number of hydrogen-bond acceptors (Lipinski definition) is 4. The molecule has 1 aromatic carbocycles. The summed E-state index contributed by atoms with van der Waals surface area (Å²) in [6.45, 7) is 2.19. The van der Waals surface area contributed by atoms with Crippen molar-refractivity contribution in [2.45, 2.75) is 20.0 Å². The second-order valence-electron chi connectivity index (χ2n) is 3.18. The number of halogens is 1. The van der Waals surface area contributed by atoms with Gasteiger partial charge in [0.05, 0.1) is 5.02 Å². The van der Waals surface area contributed by atoms with Crippen molar-refractivity contribution in [3.8, 4) is 5.75 Å². The first-order valence-electron chi connectivity index (χ1n) is 4.98. The van der Waals surface area contributed by atoms with Crippen LogP contribution in [-0.4, -0.2) is 10.1 Å². The minimum absolute atomic E-state index is 0.233. The van der Waals surface area contributed by atoms with Gasteiger partial charge < -0.3 is 9.26 Å². The molecule has 0 bridgehead atoms. The van der Waals surface area contributed by atoms with Crippen molar-refractivity contribution in [1.82, 2.24) is 10.1 Å². The van der Waals surface area contributed by atoms with Gasteiger partial charge in [0.2, 0.25) is 0 Å². The molecule has 0 unspecified atom stereocenters. The quantitative estimate of drug-likeness (QED) is 0.822. The molecule has 0 fully saturated rings. The van der Waals surface area contributed by atoms with Crippen molar-refractivity contribution in [1.29, 1.82) is 0 Å². The Morgan fingerprint density at radius 1 is 1.38 bits per heavy atom. The molecule has 0 atom stereocenters. The molecule has 2 aromatic rings. The highest BCUT2D eigenvalue weighted by atomic mass is 35.5. The van der Waals surface area contributed by atoms with Gasteiger partial charge >= 0.3 is 0 Å². The first-order valence-corrected chi connectivity index (χ1v) is 5.36. The summed E-state index contributed by atoms with van der Waals surface area (Å²) in [7, 11) is 0. The second kappa shape index (κ2) is 4.99. The summed E-state index contributed by atoms with van der Waals surface area (Å²) in [5.74, 6) is 1.75. The van der Waals surface area contributed by atoms with Gasteiger partial charge in [-0.2, -0.15) is 4.98 Å². The van der Waals surface area contributed by atoms with Gasteiger partial charge in [-0.25, -0.2) is 0 Å². The third-order valence-electron chi connectivity index (χ3n) is 2.01. The van der Waals surface area contributed by atoms with Gasteiger partial charge in [0, 0.05) is 6.42 Å². The molecule has 0 aliphatic heterocycles. The van der Waals surface area contributed by atoms with E-state index in [0.29, 0.717) is 22.5 Å². The molecule has 5 heteroatoms. The zero-order valence-corrected chi connectivity index (χ0v) is 9.57. The average Bonchev–Trinajstić information content (AvgIpc) is 2.76. The minimum Gasteiger partial charge on any atom is -0.482 e. The maximum atomic E-state index is 5.93. The van der Waals surface area contributed by atoms with Crippen LogP contribution in [0.4, 0.5) is 0 Å². The van der Waals surface area contributed by atoms with Gasteiger partial charge in [0.1, 0.15) is 5.75 Å². The van der Waals surface area contributed by atoms with Gasteiger partial charge in [-0.05, 0) is 12.1 Å². The number of ether oxygens (including phenoxy) is 1. The van der Waals surface area contributed by atoms with E-state index in [4.69, 9.17) is 20.9 Å². The molecule has 0 N–H and O–H groups in total. The number of aryl methyl sites for hydroxylation is 1. The topological polar surface area (TPSA) is 48.2 Å². The normalized spacial score (nSPS) is 10.4. The number of rotatable bonds is 4. The summed E-state index contributed by atoms with van der Waals surface area (Å²) in [6, 6.07) is 7.26. The van der Waals surface area contributed by atoms with Gasteiger partial charge in [-0.15, -0.1) is 0 Å². The van der Waals surface area contributed by atoms with Crippen molar-refractivity contribution in [3.63, 3.8) is 0 Å². The smallest absolute Gasteiger partial charge is 0.264 e. The molecule has 16 heavy (non-hydrogen) atoms. The van der Waals surface area contributed by atoms with Gasteiger partial charge in [0.25, 0.3) is 5.89 Å². The molecule has 84 valence electrons. The van der Waals surface area contributed by atoms with Crippen LogP contribution in [0.25, 0.3) is 0 Å². The molecule has 0 spiro atoms. The Labute approximate surface area is 98.2 Å². The molecule has 1 heterocycles. The lowest BCUT2D eigenvalue weighted by molar-refractivity contribution is 0.242. The molecule has 2 rings (SSSR count). The Kier molecular flexibility index (Phi) is 3.41. The van der Waals surface area contributed by atoms with Crippen LogP contribution in [0.15, 0.2) is 28.8 Å². The van der Waals surface area contributed by atoms with Crippen molar-refractivity contribution >= 4 is 11.6 Å². The number of nitrogens with zero attached hydrogens (tertiary/aromatic N) is 2. The molecule has 0 saturated carbocycles. The lowest BCUT2D eigenvalue weighted by Crippen LogP contribution is -1.96. The molecular weight excluding hydrogens is 228 g/mol. The maximum Gasteiger partial charge on any atom is 0.264 e. The molecule has 0 amide bonds. The maximum absolute atomic E-state index is 5.93. The van der Waals surface area contributed by atoms with E-state index in [2.05, 4.69) is 10.1 Å². The van der Waals surface area contributed by atoms with Crippen molar-refractivity contribution in [2.24, 2.45) is 0 Å². The van der Waals surface area contributed by atoms with Gasteiger partial charge in [0.15, 0.2) is 12.4 Å². The SMILES string of the molecule is CCc1noc(COc2ccccc2Cl)n1. The molecule has 0 aliphatic carbocycles. The summed E-state index contributed by atoms with van der Waals surface area (Å²) in [4.78, 5) is 4.13. The molecular formula is C11H11ClN2O2. The van der Waals surface area contributed by atoms with Crippen molar-refractivity contribution in [3.05, 3.63) is 41.0 Å². The second-order valence-corrected chi connectivity index (χ2v) is 3.58. The fraction of sp³-hybridized carbons (Fsp3) is 0.273. The Balaban J connectivity index is 1.99. The highest BCUT2D eigenvalue weighted by Crippen LogP contribution is 2.23. The molecule has 4 nitrogen and oxygen atoms in total. The van der Waals surface area contributed by atoms with Crippen LogP contribution in [0.2, 0.25) is 5.02 Å². The summed E-state index contributed by atoms with van der Waals surface area (Å²) in [6.07, 6.45) is 0.746. The van der Waals surface area contributed by atoms with E-state index in [1.807, 2.05) is 19.1 Å². The molecule has 0 saturated heterocycles. The summed E-state index contributed by atoms with van der Waals surface area (Å²) in [5.41, 5.74) is 0. The standard InChI is InChI=1S/C11H11ClN2O2/c1-2-10-13-11(16-14-10)7-15-9-6-4-3-5-8(9)12/h3-6H,2,7H2,1H3. The number of hydrogen-bond donors (Lipinski definition) is 0. The Morgan fingerprint density at radius 3 is 2.88 bits per heavy atom. The minimum atomic E-state index is 0.233. The third kappa shape index (κ3) is 2.52. The number of aromatic nitrogens is 2. The number of benzene rings is 1. The summed E-state index contributed by atoms with van der Waals surface area (Å²) >= 11 is 5.93. The van der Waals surface area contributed by atoms with Crippen molar-refractivity contribution in [2.75, 3.05) is 0 Å². The Bertz CT molecular complexity index is 471. The molecule has 1 aromatic heterocycles. The van der Waals surface area contributed by atoms with Crippen LogP contribution in [0, 0.1) is 0 Å². The van der Waals surface area contributed by atoms with E-state index in [0.717, 1.165) is 6.42 Å². The van der Waals surface area contributed by atoms with E-state index >= 15 is 0 Å². The first-order chi connectivity index (χ1) is 7.79. The molecule has 0 aliphatic rings. The lowest BCUT2D eigenvalue weighted by Gasteiger charge is -2.03.